The lowest BCUT2D eigenvalue weighted by Gasteiger charge is -2.04. The Morgan fingerprint density at radius 2 is 1.85 bits per heavy atom. The number of methoxy groups -OCH3 is 1. The zero-order valence-corrected chi connectivity index (χ0v) is 15.5. The molecule has 0 aliphatic rings. The van der Waals surface area contributed by atoms with Gasteiger partial charge in [0.1, 0.15) is 18.1 Å². The molecule has 0 aliphatic carbocycles. The number of ether oxygens (including phenoxy) is 2. The average molecular weight is 370 g/mol. The molecular weight excluding hydrogens is 348 g/mol. The molecule has 0 spiro atoms. The van der Waals surface area contributed by atoms with Crippen LogP contribution in [0.25, 0.3) is 0 Å². The summed E-state index contributed by atoms with van der Waals surface area (Å²) in [5.74, 6) is 2.56. The van der Waals surface area contributed by atoms with Gasteiger partial charge in [-0.1, -0.05) is 24.8 Å². The molecule has 0 unspecified atom stereocenters. The number of thioether (sulfide) groups is 1. The number of benzene rings is 2. The molecule has 0 radical (unpaired) electrons. The second-order valence-electron chi connectivity index (χ2n) is 5.30. The van der Waals surface area contributed by atoms with Crippen molar-refractivity contribution in [2.75, 3.05) is 19.5 Å². The number of carbonyl (C=O) groups is 1. The number of nitrogens with one attached hydrogen (secondary N) is 1. The fourth-order valence-corrected chi connectivity index (χ4v) is 2.78. The van der Waals surface area contributed by atoms with Gasteiger partial charge in [-0.3, -0.25) is 4.79 Å². The Labute approximate surface area is 158 Å². The van der Waals surface area contributed by atoms with Crippen molar-refractivity contribution in [2.24, 2.45) is 5.10 Å². The first-order valence-corrected chi connectivity index (χ1v) is 9.23. The van der Waals surface area contributed by atoms with Crippen LogP contribution in [-0.4, -0.2) is 31.6 Å². The van der Waals surface area contributed by atoms with E-state index < -0.39 is 0 Å². The third-order valence-electron chi connectivity index (χ3n) is 3.31. The molecule has 2 aromatic carbocycles. The molecule has 2 aromatic rings. The maximum atomic E-state index is 11.8. The van der Waals surface area contributed by atoms with Crippen molar-refractivity contribution in [3.63, 3.8) is 0 Å². The van der Waals surface area contributed by atoms with Crippen LogP contribution >= 0.6 is 11.8 Å². The molecule has 5 nitrogen and oxygen atoms in total. The molecule has 1 amide bonds. The van der Waals surface area contributed by atoms with Crippen molar-refractivity contribution in [3.8, 4) is 11.5 Å². The van der Waals surface area contributed by atoms with Crippen molar-refractivity contribution in [1.82, 2.24) is 5.43 Å². The van der Waals surface area contributed by atoms with Crippen LogP contribution in [-0.2, 0) is 10.5 Å². The predicted molar refractivity (Wildman–Crippen MR) is 107 cm³/mol. The zero-order chi connectivity index (χ0) is 18.6. The van der Waals surface area contributed by atoms with Gasteiger partial charge >= 0.3 is 0 Å². The maximum Gasteiger partial charge on any atom is 0.250 e. The Hall–Kier alpha value is -2.73. The minimum absolute atomic E-state index is 0.134. The second kappa shape index (κ2) is 11.0. The summed E-state index contributed by atoms with van der Waals surface area (Å²) in [6.07, 6.45) is 3.29. The summed E-state index contributed by atoms with van der Waals surface area (Å²) in [7, 11) is 1.64. The van der Waals surface area contributed by atoms with Gasteiger partial charge in [0, 0.05) is 5.75 Å². The van der Waals surface area contributed by atoms with Gasteiger partial charge in [-0.25, -0.2) is 5.43 Å². The predicted octanol–water partition coefficient (Wildman–Crippen LogP) is 3.64. The largest absolute Gasteiger partial charge is 0.497 e. The summed E-state index contributed by atoms with van der Waals surface area (Å²) in [6.45, 7) is 4.07. The summed E-state index contributed by atoms with van der Waals surface area (Å²) >= 11 is 1.53. The van der Waals surface area contributed by atoms with E-state index in [1.165, 1.54) is 11.8 Å². The minimum Gasteiger partial charge on any atom is -0.497 e. The quantitative estimate of drug-likeness (QED) is 0.394. The van der Waals surface area contributed by atoms with Crippen molar-refractivity contribution < 1.29 is 14.3 Å². The summed E-state index contributed by atoms with van der Waals surface area (Å²) < 4.78 is 10.5. The summed E-state index contributed by atoms with van der Waals surface area (Å²) in [4.78, 5) is 11.8. The first kappa shape index (κ1) is 19.6. The van der Waals surface area contributed by atoms with E-state index >= 15 is 0 Å². The van der Waals surface area contributed by atoms with Gasteiger partial charge in [0.25, 0.3) is 0 Å². The molecule has 0 bridgehead atoms. The molecule has 0 saturated carbocycles. The Morgan fingerprint density at radius 1 is 1.15 bits per heavy atom. The van der Waals surface area contributed by atoms with E-state index in [0.29, 0.717) is 12.4 Å². The van der Waals surface area contributed by atoms with Gasteiger partial charge in [0.2, 0.25) is 5.91 Å². The van der Waals surface area contributed by atoms with Crippen molar-refractivity contribution >= 4 is 23.9 Å². The van der Waals surface area contributed by atoms with Crippen molar-refractivity contribution in [2.45, 2.75) is 5.75 Å². The Bertz CT molecular complexity index is 728. The van der Waals surface area contributed by atoms with E-state index in [1.807, 2.05) is 48.5 Å². The number of hydrogen-bond donors (Lipinski definition) is 1. The van der Waals surface area contributed by atoms with Crippen molar-refractivity contribution in [3.05, 3.63) is 72.3 Å². The molecule has 2 rings (SSSR count). The Morgan fingerprint density at radius 3 is 2.50 bits per heavy atom. The zero-order valence-electron chi connectivity index (χ0n) is 14.7. The van der Waals surface area contributed by atoms with Gasteiger partial charge in [0.15, 0.2) is 0 Å². The maximum absolute atomic E-state index is 11.8. The van der Waals surface area contributed by atoms with Crippen LogP contribution in [0.4, 0.5) is 0 Å². The highest BCUT2D eigenvalue weighted by molar-refractivity contribution is 7.99. The molecule has 26 heavy (non-hydrogen) atoms. The molecule has 136 valence electrons. The molecule has 0 fully saturated rings. The van der Waals surface area contributed by atoms with E-state index in [4.69, 9.17) is 9.47 Å². The standard InChI is InChI=1S/C20H22N2O3S/c1-3-12-25-19-10-4-16(5-11-19)13-21-22-20(23)15-26-14-17-6-8-18(24-2)9-7-17/h3-11,13H,1,12,14-15H2,2H3,(H,22,23)/b21-13-. The number of hydrogen-bond acceptors (Lipinski definition) is 5. The summed E-state index contributed by atoms with van der Waals surface area (Å²) in [5, 5.41) is 3.97. The van der Waals surface area contributed by atoms with Crippen LogP contribution in [0.2, 0.25) is 0 Å². The van der Waals surface area contributed by atoms with Gasteiger partial charge in [0.05, 0.1) is 19.1 Å². The Balaban J connectivity index is 1.68. The van der Waals surface area contributed by atoms with E-state index in [1.54, 1.807) is 19.4 Å². The molecule has 0 aromatic heterocycles. The molecule has 1 N–H and O–H groups in total. The van der Waals surface area contributed by atoms with Gasteiger partial charge in [-0.15, -0.1) is 11.8 Å². The minimum atomic E-state index is -0.134. The van der Waals surface area contributed by atoms with E-state index in [2.05, 4.69) is 17.1 Å². The number of rotatable bonds is 10. The third kappa shape index (κ3) is 7.03. The Kier molecular flexibility index (Phi) is 8.29. The molecule has 6 heteroatoms. The fourth-order valence-electron chi connectivity index (χ4n) is 2.00. The second-order valence-corrected chi connectivity index (χ2v) is 6.29. The monoisotopic (exact) mass is 370 g/mol. The molecule has 0 heterocycles. The van der Waals surface area contributed by atoms with E-state index in [9.17, 15) is 4.79 Å². The smallest absolute Gasteiger partial charge is 0.250 e. The highest BCUT2D eigenvalue weighted by Crippen LogP contribution is 2.16. The van der Waals surface area contributed by atoms with Gasteiger partial charge < -0.3 is 9.47 Å². The number of nitrogens with zero attached hydrogens (tertiary/aromatic N) is 1. The van der Waals surface area contributed by atoms with Crippen LogP contribution in [0.15, 0.2) is 66.3 Å². The highest BCUT2D eigenvalue weighted by Gasteiger charge is 2.01. The molecular formula is C20H22N2O3S. The first-order chi connectivity index (χ1) is 12.7. The number of carbonyl (C=O) groups excluding carboxylic acids is 1. The normalized spacial score (nSPS) is 10.5. The topological polar surface area (TPSA) is 59.9 Å². The number of hydrazone groups is 1. The van der Waals surface area contributed by atoms with Crippen molar-refractivity contribution in [1.29, 1.82) is 0 Å². The summed E-state index contributed by atoms with van der Waals surface area (Å²) in [6, 6.07) is 15.2. The van der Waals surface area contributed by atoms with E-state index in [0.717, 1.165) is 28.4 Å². The lowest BCUT2D eigenvalue weighted by Crippen LogP contribution is -2.19. The fraction of sp³-hybridized carbons (Fsp3) is 0.200. The lowest BCUT2D eigenvalue weighted by atomic mass is 10.2. The van der Waals surface area contributed by atoms with E-state index in [-0.39, 0.29) is 5.91 Å². The van der Waals surface area contributed by atoms with Crippen LogP contribution in [0.3, 0.4) is 0 Å². The number of amides is 1. The summed E-state index contributed by atoms with van der Waals surface area (Å²) in [5.41, 5.74) is 4.55. The third-order valence-corrected chi connectivity index (χ3v) is 4.32. The highest BCUT2D eigenvalue weighted by atomic mass is 32.2. The van der Waals surface area contributed by atoms with Crippen LogP contribution < -0.4 is 14.9 Å². The van der Waals surface area contributed by atoms with Crippen LogP contribution in [0, 0.1) is 0 Å². The molecule has 0 atom stereocenters. The van der Waals surface area contributed by atoms with Gasteiger partial charge in [-0.05, 0) is 47.5 Å². The molecule has 0 aliphatic heterocycles. The van der Waals surface area contributed by atoms with Gasteiger partial charge in [-0.2, -0.15) is 5.10 Å². The van der Waals surface area contributed by atoms with Crippen LogP contribution in [0.5, 0.6) is 11.5 Å². The first-order valence-electron chi connectivity index (χ1n) is 8.07. The average Bonchev–Trinajstić information content (AvgIpc) is 2.68. The molecule has 0 saturated heterocycles. The SMILES string of the molecule is C=CCOc1ccc(/C=N\NC(=O)CSCc2ccc(OC)cc2)cc1. The van der Waals surface area contributed by atoms with Crippen LogP contribution in [0.1, 0.15) is 11.1 Å². The lowest BCUT2D eigenvalue weighted by molar-refractivity contribution is -0.118.